The van der Waals surface area contributed by atoms with Crippen LogP contribution in [-0.2, 0) is 9.53 Å². The van der Waals surface area contributed by atoms with E-state index in [1.165, 1.54) is 26.0 Å². The second-order valence-corrected chi connectivity index (χ2v) is 12.0. The van der Waals surface area contributed by atoms with Crippen LogP contribution in [0.1, 0.15) is 39.1 Å². The lowest BCUT2D eigenvalue weighted by atomic mass is 9.65. The molecule has 0 spiro atoms. The van der Waals surface area contributed by atoms with Gasteiger partial charge in [-0.25, -0.2) is 4.68 Å². The van der Waals surface area contributed by atoms with Crippen molar-refractivity contribution in [3.05, 3.63) is 107 Å². The summed E-state index contributed by atoms with van der Waals surface area (Å²) in [5.74, 6) is 1.29. The maximum atomic E-state index is 13.9. The van der Waals surface area contributed by atoms with Gasteiger partial charge in [0.15, 0.2) is 28.7 Å². The maximum absolute atomic E-state index is 13.9. The molecule has 1 aliphatic carbocycles. The highest BCUT2D eigenvalue weighted by atomic mass is 16.7. The minimum Gasteiger partial charge on any atom is -0.493 e. The summed E-state index contributed by atoms with van der Waals surface area (Å²) in [6, 6.07) is 23.5. The number of methoxy groups -OCH3 is 3. The molecule has 1 fully saturated rings. The SMILES string of the molecule is COc1cc([C@@H]2c3cc4c(cc3[C@@H](NC(=O)c3cn(-c5cccc(Oc6ccccc6)c5)nn3)[C@H]3COC(=O)[C@H]23)OCO4)cc(OC)c1OC. The fourth-order valence-electron chi connectivity index (χ4n) is 7.05. The standard InChI is InChI=1S/C37H32N4O9/c1-44-30-12-20(13-31(45-2)35(30)46-3)32-24-15-28-29(49-19-48-28)16-25(24)34(26-18-47-37(43)33(26)32)38-36(42)27-17-41(40-39-27)21-8-7-11-23(14-21)50-22-9-5-4-6-10-22/h4-17,26,32-34H,18-19H2,1-3H3,(H,38,42)/t26-,32+,33-,34+/m0/s1. The Morgan fingerprint density at radius 3 is 2.28 bits per heavy atom. The molecule has 1 aromatic heterocycles. The van der Waals surface area contributed by atoms with Crippen molar-refractivity contribution in [1.82, 2.24) is 20.3 Å². The van der Waals surface area contributed by atoms with E-state index >= 15 is 0 Å². The van der Waals surface area contributed by atoms with Gasteiger partial charge < -0.3 is 38.5 Å². The van der Waals surface area contributed by atoms with Gasteiger partial charge in [-0.05, 0) is 65.2 Å². The first kappa shape index (κ1) is 31.1. The first-order chi connectivity index (χ1) is 24.4. The van der Waals surface area contributed by atoms with Crippen LogP contribution in [0.2, 0.25) is 0 Å². The number of esters is 1. The number of rotatable bonds is 9. The van der Waals surface area contributed by atoms with Crippen LogP contribution in [0, 0.1) is 11.8 Å². The molecule has 13 heteroatoms. The molecule has 2 aliphatic heterocycles. The summed E-state index contributed by atoms with van der Waals surface area (Å²) in [5, 5.41) is 11.5. The number of carbonyl (C=O) groups is 2. The molecule has 0 radical (unpaired) electrons. The number of nitrogens with one attached hydrogen (secondary N) is 1. The number of carbonyl (C=O) groups excluding carboxylic acids is 2. The molecule has 50 heavy (non-hydrogen) atoms. The number of hydrogen-bond donors (Lipinski definition) is 1. The molecule has 4 aromatic carbocycles. The monoisotopic (exact) mass is 676 g/mol. The lowest BCUT2D eigenvalue weighted by Gasteiger charge is -2.39. The summed E-state index contributed by atoms with van der Waals surface area (Å²) in [6.07, 6.45) is 1.55. The molecule has 13 nitrogen and oxygen atoms in total. The Morgan fingerprint density at radius 1 is 0.840 bits per heavy atom. The molecule has 0 bridgehead atoms. The minimum absolute atomic E-state index is 0.0553. The van der Waals surface area contributed by atoms with Crippen LogP contribution < -0.4 is 33.7 Å². The van der Waals surface area contributed by atoms with Gasteiger partial charge in [0.25, 0.3) is 5.91 Å². The third-order valence-electron chi connectivity index (χ3n) is 9.31. The second kappa shape index (κ2) is 12.7. The van der Waals surface area contributed by atoms with Gasteiger partial charge in [0.2, 0.25) is 12.5 Å². The van der Waals surface area contributed by atoms with Crippen LogP contribution in [0.3, 0.4) is 0 Å². The van der Waals surface area contributed by atoms with Crippen molar-refractivity contribution in [3.63, 3.8) is 0 Å². The normalized spacial score (nSPS) is 19.9. The van der Waals surface area contributed by atoms with E-state index in [-0.39, 0.29) is 25.1 Å². The van der Waals surface area contributed by atoms with Crippen molar-refractivity contribution in [1.29, 1.82) is 0 Å². The van der Waals surface area contributed by atoms with Crippen molar-refractivity contribution in [3.8, 4) is 45.9 Å². The Balaban J connectivity index is 1.14. The Morgan fingerprint density at radius 2 is 1.56 bits per heavy atom. The average molecular weight is 677 g/mol. The minimum atomic E-state index is -0.654. The summed E-state index contributed by atoms with van der Waals surface area (Å²) >= 11 is 0. The molecule has 0 saturated carbocycles. The van der Waals surface area contributed by atoms with Crippen molar-refractivity contribution >= 4 is 11.9 Å². The summed E-state index contributed by atoms with van der Waals surface area (Å²) in [5.41, 5.74) is 3.03. The van der Waals surface area contributed by atoms with Crippen LogP contribution in [0.4, 0.5) is 0 Å². The number of benzene rings is 4. The molecule has 4 atom stereocenters. The van der Waals surface area contributed by atoms with Crippen molar-refractivity contribution in [2.75, 3.05) is 34.7 Å². The molecule has 3 aliphatic rings. The molecule has 254 valence electrons. The summed E-state index contributed by atoms with van der Waals surface area (Å²) in [6.45, 7) is 0.157. The lowest BCUT2D eigenvalue weighted by Crippen LogP contribution is -2.43. The number of para-hydroxylation sites is 1. The van der Waals surface area contributed by atoms with Crippen LogP contribution in [0.5, 0.6) is 40.2 Å². The molecular formula is C37H32N4O9. The van der Waals surface area contributed by atoms with Gasteiger partial charge in [0.1, 0.15) is 11.5 Å². The van der Waals surface area contributed by atoms with Gasteiger partial charge in [-0.3, -0.25) is 9.59 Å². The van der Waals surface area contributed by atoms with Gasteiger partial charge in [-0.15, -0.1) is 5.10 Å². The number of nitrogens with zero attached hydrogens (tertiary/aromatic N) is 3. The molecule has 5 aromatic rings. The van der Waals surface area contributed by atoms with Crippen LogP contribution in [0.15, 0.2) is 85.1 Å². The van der Waals surface area contributed by atoms with Gasteiger partial charge >= 0.3 is 5.97 Å². The molecule has 1 N–H and O–H groups in total. The molecule has 1 saturated heterocycles. The van der Waals surface area contributed by atoms with E-state index in [1.807, 2.05) is 72.8 Å². The number of ether oxygens (including phenoxy) is 7. The molecule has 3 heterocycles. The van der Waals surface area contributed by atoms with Crippen LogP contribution in [0.25, 0.3) is 5.69 Å². The highest BCUT2D eigenvalue weighted by Crippen LogP contribution is 2.55. The summed E-state index contributed by atoms with van der Waals surface area (Å²) in [4.78, 5) is 27.4. The Labute approximate surface area is 286 Å². The topological polar surface area (TPSA) is 141 Å². The maximum Gasteiger partial charge on any atom is 0.310 e. The van der Waals surface area contributed by atoms with Gasteiger partial charge in [0, 0.05) is 17.9 Å². The fourth-order valence-corrected chi connectivity index (χ4v) is 7.05. The van der Waals surface area contributed by atoms with E-state index < -0.39 is 29.7 Å². The summed E-state index contributed by atoms with van der Waals surface area (Å²) < 4.78 is 41.5. The van der Waals surface area contributed by atoms with Crippen LogP contribution in [-0.4, -0.2) is 61.6 Å². The molecular weight excluding hydrogens is 644 g/mol. The highest BCUT2D eigenvalue weighted by molar-refractivity contribution is 5.92. The number of aromatic nitrogens is 3. The van der Waals surface area contributed by atoms with Crippen molar-refractivity contribution < 1.29 is 42.7 Å². The Bertz CT molecular complexity index is 2080. The van der Waals surface area contributed by atoms with E-state index in [2.05, 4.69) is 15.6 Å². The molecule has 1 amide bonds. The van der Waals surface area contributed by atoms with E-state index in [9.17, 15) is 9.59 Å². The number of cyclic esters (lactones) is 1. The smallest absolute Gasteiger partial charge is 0.310 e. The largest absolute Gasteiger partial charge is 0.493 e. The van der Waals surface area contributed by atoms with E-state index in [4.69, 9.17) is 33.2 Å². The average Bonchev–Trinajstić information content (AvgIpc) is 3.91. The van der Waals surface area contributed by atoms with Crippen molar-refractivity contribution in [2.24, 2.45) is 11.8 Å². The third-order valence-corrected chi connectivity index (χ3v) is 9.31. The lowest BCUT2D eigenvalue weighted by molar-refractivity contribution is -0.141. The van der Waals surface area contributed by atoms with Gasteiger partial charge in [-0.1, -0.05) is 29.5 Å². The first-order valence-electron chi connectivity index (χ1n) is 15.9. The zero-order chi connectivity index (χ0) is 34.4. The zero-order valence-electron chi connectivity index (χ0n) is 27.3. The Hall–Kier alpha value is -6.24. The van der Waals surface area contributed by atoms with Crippen molar-refractivity contribution in [2.45, 2.75) is 12.0 Å². The second-order valence-electron chi connectivity index (χ2n) is 12.0. The predicted molar refractivity (Wildman–Crippen MR) is 177 cm³/mol. The fraction of sp³-hybridized carbons (Fsp3) is 0.243. The predicted octanol–water partition coefficient (Wildman–Crippen LogP) is 5.22. The number of amides is 1. The number of hydrogen-bond acceptors (Lipinski definition) is 11. The molecule has 0 unspecified atom stereocenters. The van der Waals surface area contributed by atoms with E-state index in [0.29, 0.717) is 45.9 Å². The highest BCUT2D eigenvalue weighted by Gasteiger charge is 2.53. The van der Waals surface area contributed by atoms with E-state index in [0.717, 1.165) is 16.7 Å². The third kappa shape index (κ3) is 5.36. The van der Waals surface area contributed by atoms with Gasteiger partial charge in [-0.2, -0.15) is 0 Å². The first-order valence-corrected chi connectivity index (χ1v) is 15.9. The van der Waals surface area contributed by atoms with E-state index in [1.54, 1.807) is 12.3 Å². The Kier molecular flexibility index (Phi) is 7.86. The van der Waals surface area contributed by atoms with Crippen LogP contribution >= 0.6 is 0 Å². The quantitative estimate of drug-likeness (QED) is 0.206. The zero-order valence-corrected chi connectivity index (χ0v) is 27.3. The number of fused-ring (bicyclic) bond motifs is 3. The molecule has 8 rings (SSSR count). The summed E-state index contributed by atoms with van der Waals surface area (Å²) in [7, 11) is 4.61. The van der Waals surface area contributed by atoms with Gasteiger partial charge in [0.05, 0.1) is 51.8 Å².